The second kappa shape index (κ2) is 4.77. The van der Waals surface area contributed by atoms with E-state index in [1.165, 1.54) is 16.8 Å². The van der Waals surface area contributed by atoms with Gasteiger partial charge in [-0.15, -0.1) is 0 Å². The highest BCUT2D eigenvalue weighted by molar-refractivity contribution is 5.80. The monoisotopic (exact) mass is 279 g/mol. The van der Waals surface area contributed by atoms with Gasteiger partial charge in [-0.05, 0) is 36.6 Å². The van der Waals surface area contributed by atoms with Crippen molar-refractivity contribution in [3.05, 3.63) is 35.9 Å². The topological polar surface area (TPSA) is 65.6 Å². The lowest BCUT2D eigenvalue weighted by molar-refractivity contribution is 0.831. The molecule has 0 saturated heterocycles. The normalized spacial score (nSPS) is 13.8. The van der Waals surface area contributed by atoms with Gasteiger partial charge in [0.25, 0.3) is 0 Å². The molecule has 106 valence electrons. The van der Waals surface area contributed by atoms with E-state index >= 15 is 0 Å². The molecule has 0 saturated carbocycles. The summed E-state index contributed by atoms with van der Waals surface area (Å²) in [6, 6.07) is 10.3. The maximum absolute atomic E-state index is 4.67. The third-order valence-corrected chi connectivity index (χ3v) is 3.95. The van der Waals surface area contributed by atoms with Gasteiger partial charge in [0.15, 0.2) is 5.65 Å². The van der Waals surface area contributed by atoms with Crippen molar-refractivity contribution in [1.82, 2.24) is 15.0 Å². The summed E-state index contributed by atoms with van der Waals surface area (Å²) in [7, 11) is 1.86. The Kier molecular flexibility index (Phi) is 2.77. The molecule has 5 heteroatoms. The van der Waals surface area contributed by atoms with Crippen molar-refractivity contribution in [2.45, 2.75) is 12.8 Å². The Morgan fingerprint density at radius 2 is 2.10 bits per heavy atom. The zero-order valence-corrected chi connectivity index (χ0v) is 11.9. The third-order valence-electron chi connectivity index (χ3n) is 3.95. The first-order chi connectivity index (χ1) is 10.3. The Morgan fingerprint density at radius 3 is 3.00 bits per heavy atom. The Balaban J connectivity index is 1.86. The number of pyridine rings is 1. The number of hydrogen-bond donors (Lipinski definition) is 3. The van der Waals surface area contributed by atoms with Gasteiger partial charge in [-0.25, -0.2) is 9.97 Å². The standard InChI is InChI=1S/C16H17N5/c1-17-14-8-7-13-16(20-14)21-15(19-13)11-4-2-6-12-10(11)5-3-9-18-12/h2,4,6-8,18H,3,5,9H2,1H3,(H2,17,19,20,21). The number of rotatable bonds is 2. The first kappa shape index (κ1) is 12.2. The Bertz CT molecular complexity index is 806. The summed E-state index contributed by atoms with van der Waals surface area (Å²) in [6.07, 6.45) is 2.25. The average Bonchev–Trinajstić information content (AvgIpc) is 2.97. The van der Waals surface area contributed by atoms with Crippen LogP contribution in [0.4, 0.5) is 11.5 Å². The van der Waals surface area contributed by atoms with E-state index in [-0.39, 0.29) is 0 Å². The molecule has 1 aromatic carbocycles. The average molecular weight is 279 g/mol. The van der Waals surface area contributed by atoms with Gasteiger partial charge in [0.1, 0.15) is 11.6 Å². The molecule has 0 amide bonds. The van der Waals surface area contributed by atoms with Crippen LogP contribution in [0.25, 0.3) is 22.6 Å². The van der Waals surface area contributed by atoms with Crippen molar-refractivity contribution >= 4 is 22.7 Å². The molecule has 1 aliphatic rings. The molecule has 0 unspecified atom stereocenters. The largest absolute Gasteiger partial charge is 0.385 e. The number of benzene rings is 1. The zero-order valence-electron chi connectivity index (χ0n) is 11.9. The minimum absolute atomic E-state index is 0.748. The van der Waals surface area contributed by atoms with Crippen molar-refractivity contribution in [2.24, 2.45) is 0 Å². The predicted molar refractivity (Wildman–Crippen MR) is 85.7 cm³/mol. The van der Waals surface area contributed by atoms with Crippen LogP contribution in [0.5, 0.6) is 0 Å². The first-order valence-electron chi connectivity index (χ1n) is 7.26. The van der Waals surface area contributed by atoms with Crippen LogP contribution in [0.3, 0.4) is 0 Å². The van der Waals surface area contributed by atoms with Crippen molar-refractivity contribution in [2.75, 3.05) is 24.2 Å². The molecule has 4 rings (SSSR count). The van der Waals surface area contributed by atoms with Gasteiger partial charge >= 0.3 is 0 Å². The van der Waals surface area contributed by atoms with Crippen molar-refractivity contribution in [3.8, 4) is 11.4 Å². The number of aromatic amines is 1. The summed E-state index contributed by atoms with van der Waals surface area (Å²) < 4.78 is 0. The lowest BCUT2D eigenvalue weighted by Gasteiger charge is -2.20. The fourth-order valence-electron chi connectivity index (χ4n) is 2.89. The Hall–Kier alpha value is -2.56. The van der Waals surface area contributed by atoms with Crippen LogP contribution in [0, 0.1) is 0 Å². The minimum Gasteiger partial charge on any atom is -0.385 e. The SMILES string of the molecule is CNc1ccc2[nH]c(-c3cccc4c3CCCN4)nc2n1. The molecule has 3 aromatic rings. The number of H-pyrrole nitrogens is 1. The molecule has 1 aliphatic heterocycles. The van der Waals surface area contributed by atoms with Gasteiger partial charge in [0.2, 0.25) is 0 Å². The number of fused-ring (bicyclic) bond motifs is 2. The molecule has 0 atom stereocenters. The number of imidazole rings is 1. The van der Waals surface area contributed by atoms with E-state index < -0.39 is 0 Å². The maximum atomic E-state index is 4.67. The number of nitrogens with zero attached hydrogens (tertiary/aromatic N) is 2. The highest BCUT2D eigenvalue weighted by Crippen LogP contribution is 2.32. The van der Waals surface area contributed by atoms with Gasteiger partial charge in [0.05, 0.1) is 5.52 Å². The third kappa shape index (κ3) is 2.01. The number of nitrogens with one attached hydrogen (secondary N) is 3. The number of hydrogen-bond acceptors (Lipinski definition) is 4. The van der Waals surface area contributed by atoms with E-state index in [0.29, 0.717) is 0 Å². The van der Waals surface area contributed by atoms with Crippen LogP contribution in [-0.4, -0.2) is 28.5 Å². The molecular formula is C16H17N5. The number of aromatic nitrogens is 3. The van der Waals surface area contributed by atoms with Crippen LogP contribution in [0.15, 0.2) is 30.3 Å². The van der Waals surface area contributed by atoms with E-state index in [1.54, 1.807) is 0 Å². The molecule has 0 radical (unpaired) electrons. The molecule has 0 spiro atoms. The van der Waals surface area contributed by atoms with Gasteiger partial charge in [0, 0.05) is 24.8 Å². The minimum atomic E-state index is 0.748. The maximum Gasteiger partial charge on any atom is 0.180 e. The second-order valence-electron chi connectivity index (χ2n) is 5.27. The summed E-state index contributed by atoms with van der Waals surface area (Å²) in [5.74, 6) is 1.73. The quantitative estimate of drug-likeness (QED) is 0.674. The van der Waals surface area contributed by atoms with Gasteiger partial charge in [-0.1, -0.05) is 12.1 Å². The molecule has 2 aromatic heterocycles. The van der Waals surface area contributed by atoms with Crippen molar-refractivity contribution in [1.29, 1.82) is 0 Å². The lowest BCUT2D eigenvalue weighted by Crippen LogP contribution is -2.12. The van der Waals surface area contributed by atoms with Gasteiger partial charge in [-0.3, -0.25) is 0 Å². The van der Waals surface area contributed by atoms with E-state index in [0.717, 1.165) is 42.2 Å². The van der Waals surface area contributed by atoms with E-state index in [1.807, 2.05) is 19.2 Å². The second-order valence-corrected chi connectivity index (χ2v) is 5.27. The van der Waals surface area contributed by atoms with Gasteiger partial charge < -0.3 is 15.6 Å². The summed E-state index contributed by atoms with van der Waals surface area (Å²) in [4.78, 5) is 12.5. The van der Waals surface area contributed by atoms with Crippen LogP contribution >= 0.6 is 0 Å². The molecule has 0 aliphatic carbocycles. The lowest BCUT2D eigenvalue weighted by atomic mass is 9.97. The summed E-state index contributed by atoms with van der Waals surface area (Å²) in [6.45, 7) is 1.05. The molecule has 3 heterocycles. The molecule has 3 N–H and O–H groups in total. The number of anilines is 2. The predicted octanol–water partition coefficient (Wildman–Crippen LogP) is 3.02. The smallest absolute Gasteiger partial charge is 0.180 e. The van der Waals surface area contributed by atoms with Crippen LogP contribution in [-0.2, 0) is 6.42 Å². The summed E-state index contributed by atoms with van der Waals surface area (Å²) in [5.41, 5.74) is 5.45. The zero-order chi connectivity index (χ0) is 14.2. The van der Waals surface area contributed by atoms with Crippen LogP contribution in [0.2, 0.25) is 0 Å². The fraction of sp³-hybridized carbons (Fsp3) is 0.250. The molecule has 5 nitrogen and oxygen atoms in total. The molecule has 21 heavy (non-hydrogen) atoms. The molecular weight excluding hydrogens is 262 g/mol. The highest BCUT2D eigenvalue weighted by Gasteiger charge is 2.16. The summed E-state index contributed by atoms with van der Waals surface area (Å²) in [5, 5.41) is 6.50. The van der Waals surface area contributed by atoms with Crippen molar-refractivity contribution < 1.29 is 0 Å². The fourth-order valence-corrected chi connectivity index (χ4v) is 2.89. The highest BCUT2D eigenvalue weighted by atomic mass is 15.0. The van der Waals surface area contributed by atoms with E-state index in [2.05, 4.69) is 43.8 Å². The summed E-state index contributed by atoms with van der Waals surface area (Å²) >= 11 is 0. The van der Waals surface area contributed by atoms with Crippen molar-refractivity contribution in [3.63, 3.8) is 0 Å². The van der Waals surface area contributed by atoms with Crippen LogP contribution < -0.4 is 10.6 Å². The van der Waals surface area contributed by atoms with E-state index in [4.69, 9.17) is 0 Å². The Morgan fingerprint density at radius 1 is 1.14 bits per heavy atom. The molecule has 0 fully saturated rings. The van der Waals surface area contributed by atoms with Gasteiger partial charge in [-0.2, -0.15) is 0 Å². The molecule has 0 bridgehead atoms. The van der Waals surface area contributed by atoms with Crippen LogP contribution in [0.1, 0.15) is 12.0 Å². The van der Waals surface area contributed by atoms with E-state index in [9.17, 15) is 0 Å². The Labute approximate surface area is 122 Å². The first-order valence-corrected chi connectivity index (χ1v) is 7.26.